The van der Waals surface area contributed by atoms with Crippen LogP contribution in [0.3, 0.4) is 0 Å². The smallest absolute Gasteiger partial charge is 0.433 e. The first-order valence-electron chi connectivity index (χ1n) is 5.95. The largest absolute Gasteiger partial charge is 0.508 e. The number of nitrogens with zero attached hydrogens (tertiary/aromatic N) is 1. The molecule has 0 radical (unpaired) electrons. The monoisotopic (exact) mass is 282 g/mol. The van der Waals surface area contributed by atoms with Crippen molar-refractivity contribution in [2.24, 2.45) is 0 Å². The molecule has 20 heavy (non-hydrogen) atoms. The quantitative estimate of drug-likeness (QED) is 0.895. The van der Waals surface area contributed by atoms with Crippen molar-refractivity contribution in [1.82, 2.24) is 4.98 Å². The third-order valence-corrected chi connectivity index (χ3v) is 2.83. The van der Waals surface area contributed by atoms with Crippen molar-refractivity contribution >= 4 is 5.69 Å². The summed E-state index contributed by atoms with van der Waals surface area (Å²) in [6.07, 6.45) is -3.28. The maximum atomic E-state index is 12.4. The highest BCUT2D eigenvalue weighted by Crippen LogP contribution is 2.28. The van der Waals surface area contributed by atoms with Crippen molar-refractivity contribution in [1.29, 1.82) is 0 Å². The van der Waals surface area contributed by atoms with Crippen LogP contribution in [0.25, 0.3) is 0 Å². The number of aromatic nitrogens is 1. The second-order valence-corrected chi connectivity index (χ2v) is 4.39. The Morgan fingerprint density at radius 3 is 2.25 bits per heavy atom. The number of rotatable bonds is 3. The van der Waals surface area contributed by atoms with Crippen molar-refractivity contribution in [2.75, 3.05) is 5.32 Å². The zero-order valence-electron chi connectivity index (χ0n) is 10.6. The third kappa shape index (κ3) is 3.40. The molecule has 1 heterocycles. The van der Waals surface area contributed by atoms with Gasteiger partial charge in [-0.05, 0) is 36.8 Å². The lowest BCUT2D eigenvalue weighted by atomic mass is 10.1. The molecule has 1 aromatic heterocycles. The van der Waals surface area contributed by atoms with Crippen molar-refractivity contribution in [3.05, 3.63) is 53.9 Å². The number of hydrogen-bond acceptors (Lipinski definition) is 3. The number of nitrogens with one attached hydrogen (secondary N) is 1. The second kappa shape index (κ2) is 5.40. The first-order chi connectivity index (χ1) is 9.36. The summed E-state index contributed by atoms with van der Waals surface area (Å²) in [6.45, 7) is 1.87. The van der Waals surface area contributed by atoms with Crippen molar-refractivity contribution < 1.29 is 18.3 Å². The van der Waals surface area contributed by atoms with E-state index in [9.17, 15) is 18.3 Å². The summed E-state index contributed by atoms with van der Waals surface area (Å²) < 4.78 is 37.1. The number of alkyl halides is 3. The Balaban J connectivity index is 2.08. The molecule has 0 aliphatic carbocycles. The highest BCUT2D eigenvalue weighted by atomic mass is 19.4. The Bertz CT molecular complexity index is 564. The lowest BCUT2D eigenvalue weighted by Gasteiger charge is -2.16. The molecule has 1 unspecified atom stereocenters. The lowest BCUT2D eigenvalue weighted by Crippen LogP contribution is -2.10. The van der Waals surface area contributed by atoms with E-state index in [0.717, 1.165) is 17.8 Å². The van der Waals surface area contributed by atoms with Crippen LogP contribution in [-0.4, -0.2) is 10.1 Å². The van der Waals surface area contributed by atoms with Crippen LogP contribution in [0.15, 0.2) is 42.6 Å². The SMILES string of the molecule is CC(Nc1ccc(C(F)(F)F)nc1)c1ccc(O)cc1. The van der Waals surface area contributed by atoms with Gasteiger partial charge in [0.25, 0.3) is 0 Å². The van der Waals surface area contributed by atoms with Crippen LogP contribution in [0.1, 0.15) is 24.2 Å². The molecule has 0 amide bonds. The summed E-state index contributed by atoms with van der Waals surface area (Å²) in [5.41, 5.74) is 0.488. The summed E-state index contributed by atoms with van der Waals surface area (Å²) in [6, 6.07) is 8.75. The predicted octanol–water partition coefficient (Wildman–Crippen LogP) is 3.98. The van der Waals surface area contributed by atoms with E-state index >= 15 is 0 Å². The topological polar surface area (TPSA) is 45.2 Å². The van der Waals surface area contributed by atoms with Crippen molar-refractivity contribution in [3.63, 3.8) is 0 Å². The van der Waals surface area contributed by atoms with Crippen LogP contribution in [0.5, 0.6) is 5.75 Å². The van der Waals surface area contributed by atoms with Gasteiger partial charge in [-0.15, -0.1) is 0 Å². The molecule has 2 aromatic rings. The summed E-state index contributed by atoms with van der Waals surface area (Å²) in [5.74, 6) is 0.164. The van der Waals surface area contributed by atoms with Crippen molar-refractivity contribution in [2.45, 2.75) is 19.1 Å². The van der Waals surface area contributed by atoms with Crippen LogP contribution in [0, 0.1) is 0 Å². The number of anilines is 1. The van der Waals surface area contributed by atoms with E-state index in [-0.39, 0.29) is 11.8 Å². The first-order valence-corrected chi connectivity index (χ1v) is 5.95. The zero-order valence-corrected chi connectivity index (χ0v) is 10.6. The van der Waals surface area contributed by atoms with Gasteiger partial charge in [0.15, 0.2) is 0 Å². The number of aromatic hydroxyl groups is 1. The molecule has 0 bridgehead atoms. The maximum Gasteiger partial charge on any atom is 0.433 e. The minimum absolute atomic E-state index is 0.117. The van der Waals surface area contributed by atoms with Gasteiger partial charge in [0.1, 0.15) is 11.4 Å². The molecule has 2 N–H and O–H groups in total. The van der Waals surface area contributed by atoms with Crippen LogP contribution in [0.4, 0.5) is 18.9 Å². The fraction of sp³-hybridized carbons (Fsp3) is 0.214. The van der Waals surface area contributed by atoms with Gasteiger partial charge in [-0.2, -0.15) is 13.2 Å². The maximum absolute atomic E-state index is 12.4. The molecule has 1 atom stereocenters. The van der Waals surface area contributed by atoms with Gasteiger partial charge >= 0.3 is 6.18 Å². The molecule has 0 saturated carbocycles. The van der Waals surface area contributed by atoms with Gasteiger partial charge in [-0.1, -0.05) is 12.1 Å². The fourth-order valence-electron chi connectivity index (χ4n) is 1.74. The zero-order chi connectivity index (χ0) is 14.8. The van der Waals surface area contributed by atoms with Crippen LogP contribution in [0.2, 0.25) is 0 Å². The highest BCUT2D eigenvalue weighted by Gasteiger charge is 2.32. The number of benzene rings is 1. The van der Waals surface area contributed by atoms with E-state index in [1.807, 2.05) is 6.92 Å². The number of hydrogen-bond donors (Lipinski definition) is 2. The summed E-state index contributed by atoms with van der Waals surface area (Å²) >= 11 is 0. The van der Waals surface area contributed by atoms with Crippen molar-refractivity contribution in [3.8, 4) is 5.75 Å². The van der Waals surface area contributed by atoms with E-state index < -0.39 is 11.9 Å². The lowest BCUT2D eigenvalue weighted by molar-refractivity contribution is -0.141. The van der Waals surface area contributed by atoms with Gasteiger partial charge in [-0.25, -0.2) is 4.98 Å². The molecule has 1 aromatic carbocycles. The van der Waals surface area contributed by atoms with E-state index in [0.29, 0.717) is 5.69 Å². The molecule has 0 aliphatic heterocycles. The average molecular weight is 282 g/mol. The predicted molar refractivity (Wildman–Crippen MR) is 69.4 cm³/mol. The first kappa shape index (κ1) is 14.2. The van der Waals surface area contributed by atoms with Gasteiger partial charge < -0.3 is 10.4 Å². The minimum atomic E-state index is -4.43. The third-order valence-electron chi connectivity index (χ3n) is 2.83. The minimum Gasteiger partial charge on any atom is -0.508 e. The molecular weight excluding hydrogens is 269 g/mol. The number of phenols is 1. The Kier molecular flexibility index (Phi) is 3.83. The molecule has 3 nitrogen and oxygen atoms in total. The molecular formula is C14H13F3N2O. The Morgan fingerprint density at radius 1 is 1.10 bits per heavy atom. The number of halogens is 3. The summed E-state index contributed by atoms with van der Waals surface area (Å²) in [7, 11) is 0. The Labute approximate surface area is 114 Å². The fourth-order valence-corrected chi connectivity index (χ4v) is 1.74. The number of pyridine rings is 1. The Hall–Kier alpha value is -2.24. The van der Waals surface area contributed by atoms with Gasteiger partial charge in [0.2, 0.25) is 0 Å². The van der Waals surface area contributed by atoms with Crippen LogP contribution < -0.4 is 5.32 Å². The molecule has 0 aliphatic rings. The molecule has 0 fully saturated rings. The molecule has 0 saturated heterocycles. The van der Waals surface area contributed by atoms with Gasteiger partial charge in [0.05, 0.1) is 11.9 Å². The summed E-state index contributed by atoms with van der Waals surface area (Å²) in [4.78, 5) is 3.38. The van der Waals surface area contributed by atoms with Crippen LogP contribution in [-0.2, 0) is 6.18 Å². The average Bonchev–Trinajstić information content (AvgIpc) is 2.39. The molecule has 106 valence electrons. The molecule has 0 spiro atoms. The van der Waals surface area contributed by atoms with Gasteiger partial charge in [-0.3, -0.25) is 0 Å². The van der Waals surface area contributed by atoms with E-state index in [1.165, 1.54) is 6.07 Å². The van der Waals surface area contributed by atoms with E-state index in [1.54, 1.807) is 24.3 Å². The Morgan fingerprint density at radius 2 is 1.75 bits per heavy atom. The van der Waals surface area contributed by atoms with E-state index in [2.05, 4.69) is 10.3 Å². The normalized spacial score (nSPS) is 13.0. The van der Waals surface area contributed by atoms with Crippen LogP contribution >= 0.6 is 0 Å². The molecule has 6 heteroatoms. The summed E-state index contributed by atoms with van der Waals surface area (Å²) in [5, 5.41) is 12.2. The highest BCUT2D eigenvalue weighted by molar-refractivity contribution is 5.44. The second-order valence-electron chi connectivity index (χ2n) is 4.39. The molecule has 2 rings (SSSR count). The standard InChI is InChI=1S/C14H13F3N2O/c1-9(10-2-5-12(20)6-3-10)19-11-4-7-13(18-8-11)14(15,16)17/h2-9,19-20H,1H3. The van der Waals surface area contributed by atoms with E-state index in [4.69, 9.17) is 0 Å². The number of phenolic OH excluding ortho intramolecular Hbond substituents is 1. The van der Waals surface area contributed by atoms with Gasteiger partial charge in [0, 0.05) is 6.04 Å².